The van der Waals surface area contributed by atoms with E-state index in [4.69, 9.17) is 0 Å². The Labute approximate surface area is 133 Å². The van der Waals surface area contributed by atoms with E-state index in [9.17, 15) is 4.79 Å². The molecule has 3 rings (SSSR count). The van der Waals surface area contributed by atoms with Crippen LogP contribution in [0.2, 0.25) is 0 Å². The highest BCUT2D eigenvalue weighted by molar-refractivity contribution is 5.75. The molecular weight excluding hydrogens is 276 g/mol. The molecular formula is C17H26N4O. The van der Waals surface area contributed by atoms with E-state index < -0.39 is 0 Å². The van der Waals surface area contributed by atoms with Crippen molar-refractivity contribution in [1.82, 2.24) is 14.7 Å². The number of rotatable bonds is 1. The molecule has 0 spiro atoms. The Balaban J connectivity index is 1.53. The summed E-state index contributed by atoms with van der Waals surface area (Å²) in [5.41, 5.74) is 2.55. The van der Waals surface area contributed by atoms with Gasteiger partial charge in [0.25, 0.3) is 0 Å². The molecule has 1 aromatic rings. The van der Waals surface area contributed by atoms with Crippen molar-refractivity contribution in [3.63, 3.8) is 0 Å². The number of piperazine rings is 2. The van der Waals surface area contributed by atoms with E-state index in [0.29, 0.717) is 0 Å². The third-order valence-corrected chi connectivity index (χ3v) is 4.72. The maximum atomic E-state index is 12.6. The highest BCUT2D eigenvalue weighted by atomic mass is 16.2. The molecule has 5 nitrogen and oxygen atoms in total. The van der Waals surface area contributed by atoms with Gasteiger partial charge < -0.3 is 19.6 Å². The first-order chi connectivity index (χ1) is 10.6. The van der Waals surface area contributed by atoms with Crippen LogP contribution < -0.4 is 4.90 Å². The standard InChI is InChI=1S/C17H26N4O/c1-15-3-5-16(6-4-15)19-11-13-21(14-12-19)17(22)20-9-7-18(2)8-10-20/h3-6H,7-14H2,1-2H3. The summed E-state index contributed by atoms with van der Waals surface area (Å²) >= 11 is 0. The van der Waals surface area contributed by atoms with E-state index >= 15 is 0 Å². The summed E-state index contributed by atoms with van der Waals surface area (Å²) in [6.45, 7) is 9.25. The maximum Gasteiger partial charge on any atom is 0.320 e. The number of benzene rings is 1. The largest absolute Gasteiger partial charge is 0.368 e. The molecule has 0 aliphatic carbocycles. The molecule has 1 aromatic carbocycles. The molecule has 2 aliphatic rings. The first kappa shape index (κ1) is 15.2. The number of nitrogens with zero attached hydrogens (tertiary/aromatic N) is 4. The Kier molecular flexibility index (Phi) is 4.52. The van der Waals surface area contributed by atoms with Crippen LogP contribution in [0.5, 0.6) is 0 Å². The number of aryl methyl sites for hydroxylation is 1. The quantitative estimate of drug-likeness (QED) is 0.787. The normalized spacial score (nSPS) is 20.4. The van der Waals surface area contributed by atoms with Crippen molar-refractivity contribution in [3.05, 3.63) is 29.8 Å². The van der Waals surface area contributed by atoms with Gasteiger partial charge in [0.1, 0.15) is 0 Å². The molecule has 5 heteroatoms. The van der Waals surface area contributed by atoms with Gasteiger partial charge in [-0.2, -0.15) is 0 Å². The predicted molar refractivity (Wildman–Crippen MR) is 89.4 cm³/mol. The lowest BCUT2D eigenvalue weighted by atomic mass is 10.2. The average Bonchev–Trinajstić information content (AvgIpc) is 2.56. The number of hydrogen-bond acceptors (Lipinski definition) is 3. The Bertz CT molecular complexity index is 500. The molecule has 0 aromatic heterocycles. The fraction of sp³-hybridized carbons (Fsp3) is 0.588. The number of carbonyl (C=O) groups is 1. The lowest BCUT2D eigenvalue weighted by Crippen LogP contribution is -2.56. The predicted octanol–water partition coefficient (Wildman–Crippen LogP) is 1.48. The molecule has 0 N–H and O–H groups in total. The van der Waals surface area contributed by atoms with Crippen LogP contribution >= 0.6 is 0 Å². The summed E-state index contributed by atoms with van der Waals surface area (Å²) in [6, 6.07) is 8.87. The summed E-state index contributed by atoms with van der Waals surface area (Å²) in [4.78, 5) is 21.2. The molecule has 0 atom stereocenters. The fourth-order valence-electron chi connectivity index (χ4n) is 3.11. The van der Waals surface area contributed by atoms with E-state index in [1.807, 2.05) is 9.80 Å². The molecule has 0 radical (unpaired) electrons. The van der Waals surface area contributed by atoms with Gasteiger partial charge in [-0.15, -0.1) is 0 Å². The second kappa shape index (κ2) is 6.57. The molecule has 2 fully saturated rings. The van der Waals surface area contributed by atoms with Crippen molar-refractivity contribution in [2.75, 3.05) is 64.3 Å². The summed E-state index contributed by atoms with van der Waals surface area (Å²) in [5, 5.41) is 0. The van der Waals surface area contributed by atoms with Crippen molar-refractivity contribution in [1.29, 1.82) is 0 Å². The molecule has 2 heterocycles. The number of urea groups is 1. The molecule has 2 amide bonds. The van der Waals surface area contributed by atoms with Crippen molar-refractivity contribution in [2.45, 2.75) is 6.92 Å². The third-order valence-electron chi connectivity index (χ3n) is 4.72. The Morgan fingerprint density at radius 3 is 1.86 bits per heavy atom. The van der Waals surface area contributed by atoms with Crippen molar-refractivity contribution >= 4 is 11.7 Å². The molecule has 2 saturated heterocycles. The second-order valence-corrected chi connectivity index (χ2v) is 6.38. The lowest BCUT2D eigenvalue weighted by Gasteiger charge is -2.40. The van der Waals surface area contributed by atoms with Crippen LogP contribution in [0.15, 0.2) is 24.3 Å². The molecule has 0 saturated carbocycles. The zero-order chi connectivity index (χ0) is 15.5. The molecule has 120 valence electrons. The van der Waals surface area contributed by atoms with Gasteiger partial charge in [-0.25, -0.2) is 4.79 Å². The number of carbonyl (C=O) groups excluding carboxylic acids is 1. The van der Waals surface area contributed by atoms with Crippen LogP contribution in [-0.2, 0) is 0 Å². The van der Waals surface area contributed by atoms with Crippen LogP contribution in [0.4, 0.5) is 10.5 Å². The summed E-state index contributed by atoms with van der Waals surface area (Å²) in [5.74, 6) is 0. The van der Waals surface area contributed by atoms with Gasteiger partial charge in [0, 0.05) is 58.0 Å². The first-order valence-corrected chi connectivity index (χ1v) is 8.17. The van der Waals surface area contributed by atoms with Gasteiger partial charge in [-0.3, -0.25) is 0 Å². The molecule has 0 bridgehead atoms. The van der Waals surface area contributed by atoms with E-state index in [0.717, 1.165) is 52.4 Å². The second-order valence-electron chi connectivity index (χ2n) is 6.38. The lowest BCUT2D eigenvalue weighted by molar-refractivity contribution is 0.120. The highest BCUT2D eigenvalue weighted by Gasteiger charge is 2.27. The van der Waals surface area contributed by atoms with Crippen molar-refractivity contribution in [2.24, 2.45) is 0 Å². The SMILES string of the molecule is Cc1ccc(N2CCN(C(=O)N3CCN(C)CC3)CC2)cc1. The van der Waals surface area contributed by atoms with E-state index in [-0.39, 0.29) is 6.03 Å². The van der Waals surface area contributed by atoms with Crippen LogP contribution in [-0.4, -0.2) is 80.1 Å². The minimum Gasteiger partial charge on any atom is -0.368 e. The van der Waals surface area contributed by atoms with Gasteiger partial charge in [0.2, 0.25) is 0 Å². The maximum absolute atomic E-state index is 12.6. The fourth-order valence-corrected chi connectivity index (χ4v) is 3.11. The molecule has 22 heavy (non-hydrogen) atoms. The number of likely N-dealkylation sites (N-methyl/N-ethyl adjacent to an activating group) is 1. The summed E-state index contributed by atoms with van der Waals surface area (Å²) in [7, 11) is 2.11. The average molecular weight is 302 g/mol. The van der Waals surface area contributed by atoms with Crippen molar-refractivity contribution in [3.8, 4) is 0 Å². The zero-order valence-electron chi connectivity index (χ0n) is 13.7. The third kappa shape index (κ3) is 3.35. The van der Waals surface area contributed by atoms with Crippen LogP contribution in [0, 0.1) is 6.92 Å². The summed E-state index contributed by atoms with van der Waals surface area (Å²) < 4.78 is 0. The topological polar surface area (TPSA) is 30.0 Å². The Morgan fingerprint density at radius 1 is 0.818 bits per heavy atom. The minimum absolute atomic E-state index is 0.219. The Hall–Kier alpha value is -1.75. The van der Waals surface area contributed by atoms with Gasteiger partial charge in [-0.05, 0) is 26.1 Å². The number of hydrogen-bond donors (Lipinski definition) is 0. The first-order valence-electron chi connectivity index (χ1n) is 8.17. The summed E-state index contributed by atoms with van der Waals surface area (Å²) in [6.07, 6.45) is 0. The number of anilines is 1. The van der Waals surface area contributed by atoms with E-state index in [2.05, 4.69) is 48.0 Å². The highest BCUT2D eigenvalue weighted by Crippen LogP contribution is 2.18. The van der Waals surface area contributed by atoms with E-state index in [1.54, 1.807) is 0 Å². The molecule has 0 unspecified atom stereocenters. The monoisotopic (exact) mass is 302 g/mol. The number of amides is 2. The minimum atomic E-state index is 0.219. The van der Waals surface area contributed by atoms with Crippen molar-refractivity contribution < 1.29 is 4.79 Å². The van der Waals surface area contributed by atoms with Gasteiger partial charge in [0.05, 0.1) is 0 Å². The van der Waals surface area contributed by atoms with Crippen LogP contribution in [0.1, 0.15) is 5.56 Å². The van der Waals surface area contributed by atoms with Gasteiger partial charge in [0.15, 0.2) is 0 Å². The van der Waals surface area contributed by atoms with E-state index in [1.165, 1.54) is 11.3 Å². The van der Waals surface area contributed by atoms with Crippen LogP contribution in [0.3, 0.4) is 0 Å². The van der Waals surface area contributed by atoms with Gasteiger partial charge >= 0.3 is 6.03 Å². The van der Waals surface area contributed by atoms with Crippen LogP contribution in [0.25, 0.3) is 0 Å². The Morgan fingerprint density at radius 2 is 1.32 bits per heavy atom. The molecule has 2 aliphatic heterocycles. The van der Waals surface area contributed by atoms with Gasteiger partial charge in [-0.1, -0.05) is 17.7 Å². The smallest absolute Gasteiger partial charge is 0.320 e. The zero-order valence-corrected chi connectivity index (χ0v) is 13.7.